The molecule has 0 N–H and O–H groups in total. The Kier molecular flexibility index (Phi) is 3.92. The SMILES string of the molecule is COC(C)(C)C(C)(C)O[B]c1cncs1. The van der Waals surface area contributed by atoms with Gasteiger partial charge in [0, 0.05) is 18.1 Å². The van der Waals surface area contributed by atoms with E-state index in [1.165, 1.54) is 0 Å². The first-order valence-corrected chi connectivity index (χ1v) is 5.72. The summed E-state index contributed by atoms with van der Waals surface area (Å²) in [6, 6.07) is 0. The van der Waals surface area contributed by atoms with Gasteiger partial charge in [-0.3, -0.25) is 4.98 Å². The third kappa shape index (κ3) is 3.03. The van der Waals surface area contributed by atoms with E-state index in [1.807, 2.05) is 27.7 Å². The molecule has 0 saturated heterocycles. The average Bonchev–Trinajstić information content (AvgIpc) is 2.67. The molecule has 0 atom stereocenters. The molecule has 15 heavy (non-hydrogen) atoms. The number of rotatable bonds is 5. The fourth-order valence-electron chi connectivity index (χ4n) is 0.877. The fourth-order valence-corrected chi connectivity index (χ4v) is 1.35. The first-order chi connectivity index (χ1) is 6.89. The predicted octanol–water partition coefficient (Wildman–Crippen LogP) is 1.61. The van der Waals surface area contributed by atoms with Crippen LogP contribution in [0.1, 0.15) is 27.7 Å². The van der Waals surface area contributed by atoms with E-state index in [1.54, 1.807) is 37.6 Å². The van der Waals surface area contributed by atoms with E-state index in [9.17, 15) is 0 Å². The summed E-state index contributed by atoms with van der Waals surface area (Å²) < 4.78 is 12.2. The van der Waals surface area contributed by atoms with E-state index in [0.29, 0.717) is 0 Å². The second-order valence-corrected chi connectivity index (χ2v) is 5.28. The van der Waals surface area contributed by atoms with E-state index in [-0.39, 0.29) is 11.2 Å². The molecule has 0 amide bonds. The van der Waals surface area contributed by atoms with E-state index in [2.05, 4.69) is 4.98 Å². The van der Waals surface area contributed by atoms with Gasteiger partial charge in [-0.05, 0) is 27.7 Å². The van der Waals surface area contributed by atoms with Crippen LogP contribution in [-0.4, -0.2) is 30.8 Å². The van der Waals surface area contributed by atoms with Gasteiger partial charge in [0.25, 0.3) is 0 Å². The van der Waals surface area contributed by atoms with Crippen molar-refractivity contribution in [3.63, 3.8) is 0 Å². The summed E-state index contributed by atoms with van der Waals surface area (Å²) in [5.74, 6) is 0. The molecule has 0 aliphatic carbocycles. The number of hydrogen-bond donors (Lipinski definition) is 0. The van der Waals surface area contributed by atoms with E-state index in [4.69, 9.17) is 9.39 Å². The molecule has 83 valence electrons. The number of thiazole rings is 1. The summed E-state index contributed by atoms with van der Waals surface area (Å²) in [4.78, 5) is 3.98. The molecule has 5 heteroatoms. The first kappa shape index (κ1) is 12.7. The summed E-state index contributed by atoms with van der Waals surface area (Å²) in [6.45, 7) is 8.03. The zero-order chi connectivity index (χ0) is 11.5. The molecule has 0 fully saturated rings. The molecule has 0 bridgehead atoms. The van der Waals surface area contributed by atoms with Crippen molar-refractivity contribution in [2.45, 2.75) is 38.9 Å². The van der Waals surface area contributed by atoms with Gasteiger partial charge >= 0.3 is 7.48 Å². The first-order valence-electron chi connectivity index (χ1n) is 4.84. The second-order valence-electron chi connectivity index (χ2n) is 4.36. The highest BCUT2D eigenvalue weighted by atomic mass is 32.1. The maximum Gasteiger partial charge on any atom is 0.343 e. The minimum Gasteiger partial charge on any atom is -0.426 e. The molecule has 1 radical (unpaired) electrons. The Hall–Kier alpha value is -0.385. The molecular weight excluding hydrogens is 209 g/mol. The molecule has 1 aromatic heterocycles. The van der Waals surface area contributed by atoms with Crippen LogP contribution in [0.25, 0.3) is 0 Å². The van der Waals surface area contributed by atoms with Gasteiger partial charge in [-0.15, -0.1) is 11.3 Å². The summed E-state index contributed by atoms with van der Waals surface area (Å²) in [6.07, 6.45) is 1.78. The van der Waals surface area contributed by atoms with Crippen molar-refractivity contribution in [3.8, 4) is 0 Å². The van der Waals surface area contributed by atoms with Gasteiger partial charge in [0.1, 0.15) is 0 Å². The van der Waals surface area contributed by atoms with Gasteiger partial charge < -0.3 is 9.39 Å². The molecule has 0 unspecified atom stereocenters. The molecule has 0 aliphatic heterocycles. The highest BCUT2D eigenvalue weighted by molar-refractivity contribution is 7.19. The zero-order valence-corrected chi connectivity index (χ0v) is 10.7. The van der Waals surface area contributed by atoms with Crippen LogP contribution < -0.4 is 4.78 Å². The highest BCUT2D eigenvalue weighted by Crippen LogP contribution is 2.27. The largest absolute Gasteiger partial charge is 0.426 e. The minimum absolute atomic E-state index is 0.339. The maximum absolute atomic E-state index is 5.75. The molecule has 0 spiro atoms. The number of ether oxygens (including phenoxy) is 1. The van der Waals surface area contributed by atoms with Crippen molar-refractivity contribution >= 4 is 23.6 Å². The standard InChI is InChI=1S/C10H17BNO2S/c1-9(2,13-5)10(3,4)14-11-8-6-12-7-15-8/h6-7H,1-5H3. The van der Waals surface area contributed by atoms with Gasteiger partial charge in [-0.2, -0.15) is 0 Å². The second kappa shape index (κ2) is 4.64. The van der Waals surface area contributed by atoms with Crippen LogP contribution in [0, 0.1) is 0 Å². The Labute approximate surface area is 96.1 Å². The molecular formula is C10H17BNO2S. The third-order valence-electron chi connectivity index (χ3n) is 2.88. The third-order valence-corrected chi connectivity index (χ3v) is 3.58. The molecule has 0 aromatic carbocycles. The van der Waals surface area contributed by atoms with Crippen LogP contribution in [0.2, 0.25) is 0 Å². The molecule has 0 saturated carbocycles. The topological polar surface area (TPSA) is 31.4 Å². The van der Waals surface area contributed by atoms with Crippen LogP contribution >= 0.6 is 11.3 Å². The van der Waals surface area contributed by atoms with Gasteiger partial charge in [0.05, 0.1) is 16.7 Å². The van der Waals surface area contributed by atoms with Crippen LogP contribution in [-0.2, 0) is 9.39 Å². The number of aromatic nitrogens is 1. The van der Waals surface area contributed by atoms with Gasteiger partial charge in [0.15, 0.2) is 0 Å². The van der Waals surface area contributed by atoms with E-state index in [0.717, 1.165) is 4.78 Å². The Balaban J connectivity index is 2.57. The Morgan fingerprint density at radius 3 is 2.40 bits per heavy atom. The minimum atomic E-state index is -0.383. The number of methoxy groups -OCH3 is 1. The lowest BCUT2D eigenvalue weighted by Crippen LogP contribution is -2.50. The smallest absolute Gasteiger partial charge is 0.343 e. The van der Waals surface area contributed by atoms with Crippen molar-refractivity contribution in [2.75, 3.05) is 7.11 Å². The monoisotopic (exact) mass is 226 g/mol. The van der Waals surface area contributed by atoms with Gasteiger partial charge in [0.2, 0.25) is 0 Å². The number of nitrogens with zero attached hydrogens (tertiary/aromatic N) is 1. The molecule has 1 heterocycles. The summed E-state index contributed by atoms with van der Waals surface area (Å²) in [5.41, 5.74) is 1.06. The quantitative estimate of drug-likeness (QED) is 0.714. The van der Waals surface area contributed by atoms with Crippen LogP contribution in [0.5, 0.6) is 0 Å². The number of hydrogen-bond acceptors (Lipinski definition) is 4. The normalized spacial score (nSPS) is 12.9. The lowest BCUT2D eigenvalue weighted by Gasteiger charge is -2.40. The van der Waals surface area contributed by atoms with Crippen molar-refractivity contribution in [3.05, 3.63) is 11.7 Å². The summed E-state index contributed by atoms with van der Waals surface area (Å²) >= 11 is 1.55. The van der Waals surface area contributed by atoms with Crippen molar-refractivity contribution in [2.24, 2.45) is 0 Å². The Morgan fingerprint density at radius 1 is 1.27 bits per heavy atom. The predicted molar refractivity (Wildman–Crippen MR) is 63.8 cm³/mol. The van der Waals surface area contributed by atoms with Gasteiger partial charge in [-0.25, -0.2) is 0 Å². The fraction of sp³-hybridized carbons (Fsp3) is 0.700. The van der Waals surface area contributed by atoms with Gasteiger partial charge in [-0.1, -0.05) is 0 Å². The Morgan fingerprint density at radius 2 is 1.93 bits per heavy atom. The molecule has 0 aliphatic rings. The van der Waals surface area contributed by atoms with Crippen molar-refractivity contribution < 1.29 is 9.39 Å². The van der Waals surface area contributed by atoms with Crippen molar-refractivity contribution in [1.82, 2.24) is 4.98 Å². The Bertz CT molecular complexity index is 298. The zero-order valence-electron chi connectivity index (χ0n) is 9.90. The summed E-state index contributed by atoms with van der Waals surface area (Å²) in [7, 11) is 3.43. The highest BCUT2D eigenvalue weighted by Gasteiger charge is 2.37. The van der Waals surface area contributed by atoms with E-state index < -0.39 is 0 Å². The lowest BCUT2D eigenvalue weighted by atomic mass is 9.86. The molecule has 3 nitrogen and oxygen atoms in total. The maximum atomic E-state index is 5.75. The van der Waals surface area contributed by atoms with Crippen LogP contribution in [0.15, 0.2) is 11.7 Å². The molecule has 1 aromatic rings. The summed E-state index contributed by atoms with van der Waals surface area (Å²) in [5, 5.41) is 0. The van der Waals surface area contributed by atoms with E-state index >= 15 is 0 Å². The average molecular weight is 226 g/mol. The van der Waals surface area contributed by atoms with Crippen LogP contribution in [0.4, 0.5) is 0 Å². The van der Waals surface area contributed by atoms with Crippen LogP contribution in [0.3, 0.4) is 0 Å². The molecule has 1 rings (SSSR count). The van der Waals surface area contributed by atoms with Crippen molar-refractivity contribution in [1.29, 1.82) is 0 Å². The lowest BCUT2D eigenvalue weighted by molar-refractivity contribution is -0.114.